The van der Waals surface area contributed by atoms with Gasteiger partial charge in [-0.05, 0) is 49.0 Å². The molecule has 3 heterocycles. The van der Waals surface area contributed by atoms with E-state index in [0.717, 1.165) is 49.1 Å². The molecule has 0 aliphatic carbocycles. The highest BCUT2D eigenvalue weighted by atomic mass is 16.1. The maximum Gasteiger partial charge on any atom is 0.224 e. The Morgan fingerprint density at radius 3 is 3.05 bits per heavy atom. The quantitative estimate of drug-likeness (QED) is 0.800. The molecule has 21 heavy (non-hydrogen) atoms. The summed E-state index contributed by atoms with van der Waals surface area (Å²) in [6.45, 7) is 5.10. The van der Waals surface area contributed by atoms with Crippen molar-refractivity contribution in [3.05, 3.63) is 30.1 Å². The Labute approximate surface area is 124 Å². The summed E-state index contributed by atoms with van der Waals surface area (Å²) >= 11 is 0. The first-order chi connectivity index (χ1) is 10.2. The van der Waals surface area contributed by atoms with E-state index in [1.54, 1.807) is 6.20 Å². The molecule has 1 aliphatic heterocycles. The number of H-pyrrole nitrogens is 1. The first kappa shape index (κ1) is 14.1. The number of hydrogen-bond donors (Lipinski definition) is 3. The number of hydrogen-bond acceptors (Lipinski definition) is 3. The number of aromatic nitrogens is 2. The van der Waals surface area contributed by atoms with Gasteiger partial charge < -0.3 is 15.6 Å². The summed E-state index contributed by atoms with van der Waals surface area (Å²) in [5, 5.41) is 7.48. The summed E-state index contributed by atoms with van der Waals surface area (Å²) in [6.07, 6.45) is 6.26. The summed E-state index contributed by atoms with van der Waals surface area (Å²) in [5.74, 6) is 0.0829. The van der Waals surface area contributed by atoms with Gasteiger partial charge in [0.2, 0.25) is 5.91 Å². The van der Waals surface area contributed by atoms with Gasteiger partial charge in [-0.25, -0.2) is 4.98 Å². The van der Waals surface area contributed by atoms with Crippen molar-refractivity contribution in [3.63, 3.8) is 0 Å². The summed E-state index contributed by atoms with van der Waals surface area (Å²) in [6, 6.07) is 3.89. The first-order valence-electron chi connectivity index (χ1n) is 7.55. The molecule has 0 spiro atoms. The number of carbonyl (C=O) groups excluding carboxylic acids is 1. The van der Waals surface area contributed by atoms with Crippen molar-refractivity contribution in [3.8, 4) is 0 Å². The van der Waals surface area contributed by atoms with Gasteiger partial charge in [0.15, 0.2) is 0 Å². The molecule has 2 aromatic rings. The zero-order valence-corrected chi connectivity index (χ0v) is 12.4. The minimum atomic E-state index is 0.0829. The number of pyridine rings is 1. The van der Waals surface area contributed by atoms with Crippen LogP contribution in [0.25, 0.3) is 11.0 Å². The summed E-state index contributed by atoms with van der Waals surface area (Å²) < 4.78 is 0. The van der Waals surface area contributed by atoms with Gasteiger partial charge in [-0.3, -0.25) is 4.79 Å². The average Bonchev–Trinajstić information content (AvgIpc) is 2.90. The Hall–Kier alpha value is -1.88. The third kappa shape index (κ3) is 3.24. The fourth-order valence-electron chi connectivity index (χ4n) is 2.91. The number of amides is 1. The molecule has 1 saturated heterocycles. The van der Waals surface area contributed by atoms with Gasteiger partial charge in [0.25, 0.3) is 0 Å². The predicted octanol–water partition coefficient (Wildman–Crippen LogP) is 1.61. The Bertz CT molecular complexity index is 628. The molecule has 5 heteroatoms. The van der Waals surface area contributed by atoms with E-state index in [4.69, 9.17) is 0 Å². The Morgan fingerprint density at radius 2 is 2.24 bits per heavy atom. The Morgan fingerprint density at radius 1 is 1.43 bits per heavy atom. The van der Waals surface area contributed by atoms with Crippen LogP contribution in [0.2, 0.25) is 0 Å². The molecule has 0 unspecified atom stereocenters. The lowest BCUT2D eigenvalue weighted by Crippen LogP contribution is -2.43. The molecule has 0 aromatic carbocycles. The van der Waals surface area contributed by atoms with E-state index in [-0.39, 0.29) is 11.3 Å². The standard InChI is InChI=1S/C16H22N4O/c1-16(4-7-17-8-5-16)11-20-14(21)9-12-10-19-15-13(12)3-2-6-18-15/h2-3,6,10,17H,4-5,7-9,11H2,1H3,(H,18,19)(H,20,21). The summed E-state index contributed by atoms with van der Waals surface area (Å²) in [7, 11) is 0. The number of carbonyl (C=O) groups is 1. The van der Waals surface area contributed by atoms with Crippen LogP contribution < -0.4 is 10.6 Å². The zero-order valence-electron chi connectivity index (χ0n) is 12.4. The smallest absolute Gasteiger partial charge is 0.224 e. The van der Waals surface area contributed by atoms with Gasteiger partial charge >= 0.3 is 0 Å². The second-order valence-corrected chi connectivity index (χ2v) is 6.23. The number of nitrogens with one attached hydrogen (secondary N) is 3. The van der Waals surface area contributed by atoms with Gasteiger partial charge in [0.05, 0.1) is 6.42 Å². The molecule has 1 fully saturated rings. The van der Waals surface area contributed by atoms with Crippen LogP contribution in [0.15, 0.2) is 24.5 Å². The fourth-order valence-corrected chi connectivity index (χ4v) is 2.91. The van der Waals surface area contributed by atoms with Crippen LogP contribution in [0.4, 0.5) is 0 Å². The molecule has 2 aromatic heterocycles. The van der Waals surface area contributed by atoms with Crippen LogP contribution in [-0.4, -0.2) is 35.5 Å². The van der Waals surface area contributed by atoms with Crippen LogP contribution in [0.1, 0.15) is 25.3 Å². The molecule has 3 rings (SSSR count). The minimum absolute atomic E-state index is 0.0829. The van der Waals surface area contributed by atoms with Crippen molar-refractivity contribution in [2.24, 2.45) is 5.41 Å². The monoisotopic (exact) mass is 286 g/mol. The molecule has 0 bridgehead atoms. The molecule has 112 valence electrons. The third-order valence-electron chi connectivity index (χ3n) is 4.41. The summed E-state index contributed by atoms with van der Waals surface area (Å²) in [5.41, 5.74) is 2.07. The minimum Gasteiger partial charge on any atom is -0.355 e. The van der Waals surface area contributed by atoms with Crippen molar-refractivity contribution in [1.82, 2.24) is 20.6 Å². The molecule has 3 N–H and O–H groups in total. The first-order valence-corrected chi connectivity index (χ1v) is 7.55. The number of nitrogens with zero attached hydrogens (tertiary/aromatic N) is 1. The van der Waals surface area contributed by atoms with Gasteiger partial charge in [0, 0.05) is 24.3 Å². The van der Waals surface area contributed by atoms with Crippen molar-refractivity contribution in [1.29, 1.82) is 0 Å². The maximum atomic E-state index is 12.2. The highest BCUT2D eigenvalue weighted by Gasteiger charge is 2.27. The molecular formula is C16H22N4O. The molecule has 1 amide bonds. The Balaban J connectivity index is 1.59. The number of rotatable bonds is 4. The number of aromatic amines is 1. The van der Waals surface area contributed by atoms with Gasteiger partial charge in [-0.15, -0.1) is 0 Å². The largest absolute Gasteiger partial charge is 0.355 e. The molecule has 1 aliphatic rings. The third-order valence-corrected chi connectivity index (χ3v) is 4.41. The topological polar surface area (TPSA) is 69.8 Å². The van der Waals surface area contributed by atoms with Crippen LogP contribution >= 0.6 is 0 Å². The van der Waals surface area contributed by atoms with Crippen molar-refractivity contribution < 1.29 is 4.79 Å². The van der Waals surface area contributed by atoms with Crippen molar-refractivity contribution in [2.75, 3.05) is 19.6 Å². The van der Waals surface area contributed by atoms with E-state index in [1.807, 2.05) is 18.3 Å². The van der Waals surface area contributed by atoms with E-state index in [0.29, 0.717) is 6.42 Å². The Kier molecular flexibility index (Phi) is 3.92. The predicted molar refractivity (Wildman–Crippen MR) is 83.0 cm³/mol. The van der Waals surface area contributed by atoms with E-state index in [9.17, 15) is 4.79 Å². The van der Waals surface area contributed by atoms with E-state index in [2.05, 4.69) is 27.5 Å². The molecule has 0 atom stereocenters. The van der Waals surface area contributed by atoms with Crippen LogP contribution in [-0.2, 0) is 11.2 Å². The molecular weight excluding hydrogens is 264 g/mol. The highest BCUT2D eigenvalue weighted by molar-refractivity contribution is 5.87. The van der Waals surface area contributed by atoms with Gasteiger partial charge in [0.1, 0.15) is 5.65 Å². The van der Waals surface area contributed by atoms with E-state index in [1.165, 1.54) is 0 Å². The molecule has 0 saturated carbocycles. The lowest BCUT2D eigenvalue weighted by atomic mass is 9.81. The van der Waals surface area contributed by atoms with Crippen LogP contribution in [0.3, 0.4) is 0 Å². The SMILES string of the molecule is CC1(CNC(=O)Cc2c[nH]c3ncccc23)CCNCC1. The van der Waals surface area contributed by atoms with Gasteiger partial charge in [-0.2, -0.15) is 0 Å². The van der Waals surface area contributed by atoms with Crippen LogP contribution in [0.5, 0.6) is 0 Å². The normalized spacial score (nSPS) is 17.8. The second kappa shape index (κ2) is 5.85. The second-order valence-electron chi connectivity index (χ2n) is 6.23. The lowest BCUT2D eigenvalue weighted by molar-refractivity contribution is -0.121. The van der Waals surface area contributed by atoms with Crippen molar-refractivity contribution >= 4 is 16.9 Å². The van der Waals surface area contributed by atoms with E-state index < -0.39 is 0 Å². The fraction of sp³-hybridized carbons (Fsp3) is 0.500. The summed E-state index contributed by atoms with van der Waals surface area (Å²) in [4.78, 5) is 19.5. The van der Waals surface area contributed by atoms with Crippen molar-refractivity contribution in [2.45, 2.75) is 26.2 Å². The molecule has 5 nitrogen and oxygen atoms in total. The van der Waals surface area contributed by atoms with Crippen LogP contribution in [0, 0.1) is 5.41 Å². The van der Waals surface area contributed by atoms with E-state index >= 15 is 0 Å². The number of piperidine rings is 1. The lowest BCUT2D eigenvalue weighted by Gasteiger charge is -2.34. The zero-order chi connectivity index (χ0) is 14.7. The maximum absolute atomic E-state index is 12.2. The van der Waals surface area contributed by atoms with Gasteiger partial charge in [-0.1, -0.05) is 6.92 Å². The highest BCUT2D eigenvalue weighted by Crippen LogP contribution is 2.26. The molecule has 0 radical (unpaired) electrons. The number of fused-ring (bicyclic) bond motifs is 1. The average molecular weight is 286 g/mol.